The Morgan fingerprint density at radius 1 is 1.50 bits per heavy atom. The third kappa shape index (κ3) is 3.55. The van der Waals surface area contributed by atoms with Gasteiger partial charge in [-0.1, -0.05) is 20.3 Å². The van der Waals surface area contributed by atoms with Gasteiger partial charge in [0.05, 0.1) is 17.1 Å². The number of nitrogens with zero attached hydrogens (tertiary/aromatic N) is 1. The molecule has 1 unspecified atom stereocenters. The van der Waals surface area contributed by atoms with Gasteiger partial charge in [-0.05, 0) is 18.9 Å². The maximum atomic E-state index is 11.5. The van der Waals surface area contributed by atoms with Crippen LogP contribution < -0.4 is 4.74 Å². The first-order valence-electron chi connectivity index (χ1n) is 5.87. The highest BCUT2D eigenvalue weighted by molar-refractivity contribution is 5.97. The Morgan fingerprint density at radius 3 is 2.67 bits per heavy atom. The molecule has 1 aromatic carbocycles. The summed E-state index contributed by atoms with van der Waals surface area (Å²) in [5, 5.41) is 10.7. The molecule has 0 radical (unpaired) electrons. The molecule has 0 aliphatic heterocycles. The summed E-state index contributed by atoms with van der Waals surface area (Å²) in [7, 11) is 0. The number of non-ortho nitro benzene ring substituents is 1. The van der Waals surface area contributed by atoms with Gasteiger partial charge in [0.25, 0.3) is 5.69 Å². The molecular formula is C13H17NO4. The molecule has 0 bridgehead atoms. The molecule has 1 aromatic rings. The average Bonchev–Trinajstić information content (AvgIpc) is 2.35. The predicted molar refractivity (Wildman–Crippen MR) is 68.1 cm³/mol. The molecule has 0 spiro atoms. The zero-order valence-corrected chi connectivity index (χ0v) is 10.8. The van der Waals surface area contributed by atoms with Crippen molar-refractivity contribution in [3.8, 4) is 5.75 Å². The van der Waals surface area contributed by atoms with Gasteiger partial charge in [-0.25, -0.2) is 0 Å². The standard InChI is InChI=1S/C13H17NO4/c1-4-9(2)8-18-13-6-5-11(14(16)17)7-12(13)10(3)15/h5-7,9H,4,8H2,1-3H3. The van der Waals surface area contributed by atoms with Gasteiger partial charge in [-0.3, -0.25) is 14.9 Å². The fourth-order valence-electron chi connectivity index (χ4n) is 1.38. The molecule has 0 N–H and O–H groups in total. The molecule has 18 heavy (non-hydrogen) atoms. The highest BCUT2D eigenvalue weighted by atomic mass is 16.6. The first-order chi connectivity index (χ1) is 8.45. The van der Waals surface area contributed by atoms with Crippen LogP contribution in [0.25, 0.3) is 0 Å². The third-order valence-corrected chi connectivity index (χ3v) is 2.77. The van der Waals surface area contributed by atoms with Crippen molar-refractivity contribution < 1.29 is 14.5 Å². The van der Waals surface area contributed by atoms with E-state index in [0.717, 1.165) is 6.42 Å². The van der Waals surface area contributed by atoms with Crippen molar-refractivity contribution in [1.82, 2.24) is 0 Å². The lowest BCUT2D eigenvalue weighted by atomic mass is 10.1. The minimum atomic E-state index is -0.523. The monoisotopic (exact) mass is 251 g/mol. The molecule has 98 valence electrons. The molecule has 0 saturated heterocycles. The molecule has 5 heteroatoms. The van der Waals surface area contributed by atoms with Gasteiger partial charge in [0.15, 0.2) is 5.78 Å². The molecule has 1 rings (SSSR count). The van der Waals surface area contributed by atoms with Crippen LogP contribution in [-0.2, 0) is 0 Å². The summed E-state index contributed by atoms with van der Waals surface area (Å²) in [6.07, 6.45) is 0.975. The van der Waals surface area contributed by atoms with E-state index in [2.05, 4.69) is 6.92 Å². The van der Waals surface area contributed by atoms with E-state index in [1.165, 1.54) is 25.1 Å². The molecule has 0 aliphatic rings. The molecule has 5 nitrogen and oxygen atoms in total. The predicted octanol–water partition coefficient (Wildman–Crippen LogP) is 3.22. The molecule has 0 heterocycles. The van der Waals surface area contributed by atoms with Crippen LogP contribution >= 0.6 is 0 Å². The van der Waals surface area contributed by atoms with E-state index < -0.39 is 4.92 Å². The Morgan fingerprint density at radius 2 is 2.17 bits per heavy atom. The summed E-state index contributed by atoms with van der Waals surface area (Å²) >= 11 is 0. The highest BCUT2D eigenvalue weighted by Crippen LogP contribution is 2.25. The minimum Gasteiger partial charge on any atom is -0.493 e. The minimum absolute atomic E-state index is 0.101. The van der Waals surface area contributed by atoms with Gasteiger partial charge >= 0.3 is 0 Å². The van der Waals surface area contributed by atoms with Crippen LogP contribution in [-0.4, -0.2) is 17.3 Å². The number of ether oxygens (including phenoxy) is 1. The number of nitro groups is 1. The van der Waals surface area contributed by atoms with Gasteiger partial charge in [0.1, 0.15) is 5.75 Å². The second-order valence-electron chi connectivity index (χ2n) is 4.32. The lowest BCUT2D eigenvalue weighted by Crippen LogP contribution is -2.09. The molecule has 1 atom stereocenters. The summed E-state index contributed by atoms with van der Waals surface area (Å²) in [5.41, 5.74) is 0.156. The summed E-state index contributed by atoms with van der Waals surface area (Å²) in [6, 6.07) is 4.09. The molecule has 0 aliphatic carbocycles. The van der Waals surface area contributed by atoms with E-state index in [-0.39, 0.29) is 17.0 Å². The zero-order valence-electron chi connectivity index (χ0n) is 10.8. The molecular weight excluding hydrogens is 234 g/mol. The van der Waals surface area contributed by atoms with Gasteiger partial charge in [-0.2, -0.15) is 0 Å². The van der Waals surface area contributed by atoms with Gasteiger partial charge in [0, 0.05) is 12.1 Å². The van der Waals surface area contributed by atoms with Crippen molar-refractivity contribution in [3.63, 3.8) is 0 Å². The SMILES string of the molecule is CCC(C)COc1ccc([N+](=O)[O-])cc1C(C)=O. The smallest absolute Gasteiger partial charge is 0.270 e. The second-order valence-corrected chi connectivity index (χ2v) is 4.32. The lowest BCUT2D eigenvalue weighted by molar-refractivity contribution is -0.384. The Labute approximate surface area is 106 Å². The fourth-order valence-corrected chi connectivity index (χ4v) is 1.38. The summed E-state index contributed by atoms with van der Waals surface area (Å²) in [5.74, 6) is 0.547. The van der Waals surface area contributed by atoms with Crippen molar-refractivity contribution in [2.75, 3.05) is 6.61 Å². The van der Waals surface area contributed by atoms with E-state index in [9.17, 15) is 14.9 Å². The van der Waals surface area contributed by atoms with E-state index in [1.807, 2.05) is 6.92 Å². The van der Waals surface area contributed by atoms with Crippen LogP contribution in [0.3, 0.4) is 0 Å². The molecule has 0 amide bonds. The number of ketones is 1. The first kappa shape index (κ1) is 14.2. The van der Waals surface area contributed by atoms with Crippen LogP contribution in [0.5, 0.6) is 5.75 Å². The summed E-state index contributed by atoms with van der Waals surface area (Å²) < 4.78 is 5.54. The largest absolute Gasteiger partial charge is 0.493 e. The number of benzene rings is 1. The van der Waals surface area contributed by atoms with Gasteiger partial charge < -0.3 is 4.74 Å². The van der Waals surface area contributed by atoms with E-state index in [4.69, 9.17) is 4.74 Å². The van der Waals surface area contributed by atoms with Gasteiger partial charge in [0.2, 0.25) is 0 Å². The molecule has 0 saturated carbocycles. The van der Waals surface area contributed by atoms with Crippen molar-refractivity contribution in [2.45, 2.75) is 27.2 Å². The highest BCUT2D eigenvalue weighted by Gasteiger charge is 2.15. The summed E-state index contributed by atoms with van der Waals surface area (Å²) in [4.78, 5) is 21.6. The maximum absolute atomic E-state index is 11.5. The van der Waals surface area contributed by atoms with Crippen LogP contribution in [0.1, 0.15) is 37.6 Å². The maximum Gasteiger partial charge on any atom is 0.270 e. The Bertz CT molecular complexity index is 456. The van der Waals surface area contributed by atoms with Crippen LogP contribution in [0.15, 0.2) is 18.2 Å². The third-order valence-electron chi connectivity index (χ3n) is 2.77. The number of carbonyl (C=O) groups excluding carboxylic acids is 1. The van der Waals surface area contributed by atoms with E-state index in [0.29, 0.717) is 18.3 Å². The Kier molecular flexibility index (Phi) is 4.83. The Hall–Kier alpha value is -1.91. The molecule has 0 aromatic heterocycles. The quantitative estimate of drug-likeness (QED) is 0.442. The average molecular weight is 251 g/mol. The van der Waals surface area contributed by atoms with Crippen LogP contribution in [0.2, 0.25) is 0 Å². The fraction of sp³-hybridized carbons (Fsp3) is 0.462. The van der Waals surface area contributed by atoms with Crippen LogP contribution in [0, 0.1) is 16.0 Å². The van der Waals surface area contributed by atoms with Crippen LogP contribution in [0.4, 0.5) is 5.69 Å². The topological polar surface area (TPSA) is 69.4 Å². The number of Topliss-reactive ketones (excluding diaryl/α,β-unsaturated/α-hetero) is 1. The second kappa shape index (κ2) is 6.14. The number of hydrogen-bond acceptors (Lipinski definition) is 4. The van der Waals surface area contributed by atoms with Gasteiger partial charge in [-0.15, -0.1) is 0 Å². The number of hydrogen-bond donors (Lipinski definition) is 0. The number of rotatable bonds is 6. The number of nitro benzene ring substituents is 1. The van der Waals surface area contributed by atoms with Crippen molar-refractivity contribution >= 4 is 11.5 Å². The van der Waals surface area contributed by atoms with E-state index >= 15 is 0 Å². The van der Waals surface area contributed by atoms with E-state index in [1.54, 1.807) is 0 Å². The van der Waals surface area contributed by atoms with Crippen molar-refractivity contribution in [2.24, 2.45) is 5.92 Å². The van der Waals surface area contributed by atoms with Crippen molar-refractivity contribution in [1.29, 1.82) is 0 Å². The first-order valence-corrected chi connectivity index (χ1v) is 5.87. The number of carbonyl (C=O) groups is 1. The lowest BCUT2D eigenvalue weighted by Gasteiger charge is -2.13. The molecule has 0 fully saturated rings. The van der Waals surface area contributed by atoms with Crippen molar-refractivity contribution in [3.05, 3.63) is 33.9 Å². The Balaban J connectivity index is 2.97. The normalized spacial score (nSPS) is 11.9. The zero-order chi connectivity index (χ0) is 13.7. The summed E-state index contributed by atoms with van der Waals surface area (Å²) in [6.45, 7) is 5.96.